The number of rotatable bonds is 8. The second-order valence-corrected chi connectivity index (χ2v) is 10.8. The number of aromatic nitrogens is 2. The highest BCUT2D eigenvalue weighted by Crippen LogP contribution is 2.29. The standard InChI is InChI=1S/C32H26Cl3N3O3/c1-20(37(17-16-21-6-4-3-5-7-21)31(39)26-14-8-22(33)18-28(26)35)30-36-29-19-23(34)9-15-27(29)32(40)38(30)24-10-12-25(41-2)13-11-24/h3-15,18-20H,16-17H2,1-2H3. The van der Waals surface area contributed by atoms with Crippen LogP contribution in [0.5, 0.6) is 5.75 Å². The molecule has 0 bridgehead atoms. The third-order valence-electron chi connectivity index (χ3n) is 6.94. The number of nitrogens with zero attached hydrogens (tertiary/aromatic N) is 3. The van der Waals surface area contributed by atoms with E-state index >= 15 is 0 Å². The molecule has 5 rings (SSSR count). The minimum absolute atomic E-state index is 0.241. The number of fused-ring (bicyclic) bond motifs is 1. The maximum atomic E-state index is 14.1. The Morgan fingerprint density at radius 2 is 1.61 bits per heavy atom. The molecule has 0 saturated heterocycles. The van der Waals surface area contributed by atoms with E-state index < -0.39 is 6.04 Å². The Morgan fingerprint density at radius 1 is 0.927 bits per heavy atom. The van der Waals surface area contributed by atoms with Crippen LogP contribution in [0, 0.1) is 0 Å². The van der Waals surface area contributed by atoms with Gasteiger partial charge >= 0.3 is 0 Å². The van der Waals surface area contributed by atoms with Gasteiger partial charge in [-0.15, -0.1) is 0 Å². The fourth-order valence-corrected chi connectivity index (χ4v) is 5.42. The summed E-state index contributed by atoms with van der Waals surface area (Å²) in [6, 6.07) is 26.1. The maximum Gasteiger partial charge on any atom is 0.266 e. The number of ether oxygens (including phenoxy) is 1. The number of halogens is 3. The Labute approximate surface area is 252 Å². The van der Waals surface area contributed by atoms with E-state index in [-0.39, 0.29) is 16.5 Å². The molecule has 0 saturated carbocycles. The van der Waals surface area contributed by atoms with Crippen molar-refractivity contribution in [3.8, 4) is 11.4 Å². The highest BCUT2D eigenvalue weighted by molar-refractivity contribution is 6.36. The summed E-state index contributed by atoms with van der Waals surface area (Å²) in [5.41, 5.74) is 2.11. The fraction of sp³-hybridized carbons (Fsp3) is 0.156. The van der Waals surface area contributed by atoms with Crippen LogP contribution in [-0.4, -0.2) is 34.0 Å². The van der Waals surface area contributed by atoms with E-state index in [1.807, 2.05) is 37.3 Å². The lowest BCUT2D eigenvalue weighted by atomic mass is 10.1. The number of hydrogen-bond donors (Lipinski definition) is 0. The summed E-state index contributed by atoms with van der Waals surface area (Å²) in [5, 5.41) is 1.53. The van der Waals surface area contributed by atoms with Gasteiger partial charge in [0.1, 0.15) is 11.6 Å². The average molecular weight is 607 g/mol. The van der Waals surface area contributed by atoms with E-state index in [2.05, 4.69) is 0 Å². The van der Waals surface area contributed by atoms with Gasteiger partial charge in [0.05, 0.1) is 40.3 Å². The molecule has 4 aromatic carbocycles. The first kappa shape index (κ1) is 28.7. The first-order valence-corrected chi connectivity index (χ1v) is 14.1. The van der Waals surface area contributed by atoms with Crippen molar-refractivity contribution in [3.05, 3.63) is 133 Å². The minimum Gasteiger partial charge on any atom is -0.497 e. The largest absolute Gasteiger partial charge is 0.497 e. The lowest BCUT2D eigenvalue weighted by molar-refractivity contribution is 0.0684. The third kappa shape index (κ3) is 6.10. The summed E-state index contributed by atoms with van der Waals surface area (Å²) in [5.74, 6) is 0.715. The van der Waals surface area contributed by atoms with Gasteiger partial charge in [-0.3, -0.25) is 14.2 Å². The number of hydrogen-bond acceptors (Lipinski definition) is 4. The van der Waals surface area contributed by atoms with Crippen LogP contribution in [0.4, 0.5) is 0 Å². The molecule has 1 unspecified atom stereocenters. The number of carbonyl (C=O) groups excluding carboxylic acids is 1. The van der Waals surface area contributed by atoms with Gasteiger partial charge in [-0.25, -0.2) is 4.98 Å². The second kappa shape index (κ2) is 12.4. The molecule has 208 valence electrons. The van der Waals surface area contributed by atoms with Crippen molar-refractivity contribution in [2.45, 2.75) is 19.4 Å². The molecule has 41 heavy (non-hydrogen) atoms. The minimum atomic E-state index is -0.642. The van der Waals surface area contributed by atoms with Crippen LogP contribution in [0.25, 0.3) is 16.6 Å². The smallest absolute Gasteiger partial charge is 0.266 e. The Morgan fingerprint density at radius 3 is 2.29 bits per heavy atom. The molecule has 1 heterocycles. The quantitative estimate of drug-likeness (QED) is 0.181. The second-order valence-electron chi connectivity index (χ2n) is 9.50. The van der Waals surface area contributed by atoms with Gasteiger partial charge < -0.3 is 9.64 Å². The molecule has 0 aliphatic carbocycles. The SMILES string of the molecule is COc1ccc(-n2c(C(C)N(CCc3ccccc3)C(=O)c3ccc(Cl)cc3Cl)nc3cc(Cl)ccc3c2=O)cc1. The summed E-state index contributed by atoms with van der Waals surface area (Å²) >= 11 is 18.9. The lowest BCUT2D eigenvalue weighted by Gasteiger charge is -2.31. The predicted molar refractivity (Wildman–Crippen MR) is 165 cm³/mol. The zero-order valence-electron chi connectivity index (χ0n) is 22.4. The van der Waals surface area contributed by atoms with Gasteiger partial charge in [-0.1, -0.05) is 65.1 Å². The van der Waals surface area contributed by atoms with Crippen LogP contribution in [0.1, 0.15) is 34.7 Å². The highest BCUT2D eigenvalue weighted by Gasteiger charge is 2.29. The van der Waals surface area contributed by atoms with Gasteiger partial charge in [-0.2, -0.15) is 0 Å². The summed E-state index contributed by atoms with van der Waals surface area (Å²) in [4.78, 5) is 34.6. The monoisotopic (exact) mass is 605 g/mol. The molecular weight excluding hydrogens is 581 g/mol. The van der Waals surface area contributed by atoms with Crippen LogP contribution in [0.3, 0.4) is 0 Å². The van der Waals surface area contributed by atoms with Crippen LogP contribution >= 0.6 is 34.8 Å². The van der Waals surface area contributed by atoms with E-state index in [0.717, 1.165) is 5.56 Å². The van der Waals surface area contributed by atoms with Crippen molar-refractivity contribution in [3.63, 3.8) is 0 Å². The molecule has 1 amide bonds. The number of carbonyl (C=O) groups is 1. The lowest BCUT2D eigenvalue weighted by Crippen LogP contribution is -2.39. The zero-order chi connectivity index (χ0) is 29.1. The topological polar surface area (TPSA) is 64.4 Å². The van der Waals surface area contributed by atoms with Gasteiger partial charge in [0.2, 0.25) is 0 Å². The van der Waals surface area contributed by atoms with Crippen molar-refractivity contribution in [1.29, 1.82) is 0 Å². The molecule has 6 nitrogen and oxygen atoms in total. The molecule has 0 aliphatic heterocycles. The van der Waals surface area contributed by atoms with Gasteiger partial charge in [0.25, 0.3) is 11.5 Å². The molecule has 1 aromatic heterocycles. The Balaban J connectivity index is 1.68. The van der Waals surface area contributed by atoms with Crippen LogP contribution in [0.15, 0.2) is 95.8 Å². The van der Waals surface area contributed by atoms with Gasteiger partial charge in [0.15, 0.2) is 0 Å². The zero-order valence-corrected chi connectivity index (χ0v) is 24.6. The molecular formula is C32H26Cl3N3O3. The Hall–Kier alpha value is -3.84. The van der Waals surface area contributed by atoms with Crippen LogP contribution in [0.2, 0.25) is 15.1 Å². The highest BCUT2D eigenvalue weighted by atomic mass is 35.5. The van der Waals surface area contributed by atoms with Crippen molar-refractivity contribution < 1.29 is 9.53 Å². The van der Waals surface area contributed by atoms with Gasteiger partial charge in [0, 0.05) is 16.6 Å². The van der Waals surface area contributed by atoms with E-state index in [1.54, 1.807) is 72.7 Å². The third-order valence-corrected chi connectivity index (χ3v) is 7.72. The van der Waals surface area contributed by atoms with Crippen molar-refractivity contribution >= 4 is 51.6 Å². The van der Waals surface area contributed by atoms with E-state index in [1.165, 1.54) is 4.57 Å². The number of methoxy groups -OCH3 is 1. The first-order chi connectivity index (χ1) is 19.8. The Bertz CT molecular complexity index is 1770. The molecule has 5 aromatic rings. The predicted octanol–water partition coefficient (Wildman–Crippen LogP) is 7.80. The normalized spacial score (nSPS) is 11.8. The summed E-state index contributed by atoms with van der Waals surface area (Å²) in [6.45, 7) is 2.19. The molecule has 9 heteroatoms. The van der Waals surface area contributed by atoms with E-state index in [9.17, 15) is 9.59 Å². The van der Waals surface area contributed by atoms with Crippen molar-refractivity contribution in [2.75, 3.05) is 13.7 Å². The van der Waals surface area contributed by atoms with E-state index in [0.29, 0.717) is 56.7 Å². The van der Waals surface area contributed by atoms with E-state index in [4.69, 9.17) is 44.5 Å². The summed E-state index contributed by atoms with van der Waals surface area (Å²) < 4.78 is 6.85. The molecule has 0 radical (unpaired) electrons. The van der Waals surface area contributed by atoms with Gasteiger partial charge in [-0.05, 0) is 79.6 Å². The first-order valence-electron chi connectivity index (χ1n) is 12.9. The Kier molecular flexibility index (Phi) is 8.64. The number of benzene rings is 4. The molecule has 0 fully saturated rings. The van der Waals surface area contributed by atoms with Crippen molar-refractivity contribution in [2.24, 2.45) is 0 Å². The maximum absolute atomic E-state index is 14.1. The summed E-state index contributed by atoms with van der Waals surface area (Å²) in [6.07, 6.45) is 0.578. The van der Waals surface area contributed by atoms with Crippen molar-refractivity contribution in [1.82, 2.24) is 14.5 Å². The van der Waals surface area contributed by atoms with Crippen LogP contribution in [-0.2, 0) is 6.42 Å². The molecule has 1 atom stereocenters. The molecule has 0 N–H and O–H groups in total. The number of amides is 1. The summed E-state index contributed by atoms with van der Waals surface area (Å²) in [7, 11) is 1.58. The molecule has 0 aliphatic rings. The fourth-order valence-electron chi connectivity index (χ4n) is 4.76. The van der Waals surface area contributed by atoms with Crippen LogP contribution < -0.4 is 10.3 Å². The molecule has 0 spiro atoms. The average Bonchev–Trinajstić information content (AvgIpc) is 2.97.